The molecule has 2 atom stereocenters. The Morgan fingerprint density at radius 1 is 1.40 bits per heavy atom. The van der Waals surface area contributed by atoms with Crippen LogP contribution in [0.4, 0.5) is 0 Å². The number of ether oxygens (including phenoxy) is 1. The molecule has 1 aliphatic heterocycles. The molecular weight excluding hydrogens is 276 g/mol. The van der Waals surface area contributed by atoms with Crippen LogP contribution in [-0.2, 0) is 11.2 Å². The van der Waals surface area contributed by atoms with Gasteiger partial charge in [0.05, 0.1) is 13.5 Å². The molecule has 2 rings (SSSR count). The molecule has 1 aromatic rings. The number of carbonyl (C=O) groups excluding carboxylic acids is 1. The smallest absolute Gasteiger partial charge is 0.227 e. The third-order valence-electron chi connectivity index (χ3n) is 3.51. The average molecular weight is 297 g/mol. The highest BCUT2D eigenvalue weighted by Crippen LogP contribution is 2.23. The van der Waals surface area contributed by atoms with Gasteiger partial charge in [-0.05, 0) is 31.5 Å². The molecule has 1 saturated heterocycles. The van der Waals surface area contributed by atoms with Gasteiger partial charge >= 0.3 is 0 Å². The van der Waals surface area contributed by atoms with Crippen LogP contribution < -0.4 is 10.1 Å². The van der Waals surface area contributed by atoms with E-state index in [1.165, 1.54) is 0 Å². The third-order valence-corrected chi connectivity index (χ3v) is 3.86. The number of hydrogen-bond donors (Lipinski definition) is 1. The molecule has 0 radical (unpaired) electrons. The number of nitrogens with one attached hydrogen (secondary N) is 1. The standard InChI is InChI=1S/C15H21ClN2O2/c1-10-8-18(9-11(2)17-10)15(19)6-12-4-5-13(20-3)7-14(12)16/h4-5,7,10-11,17H,6,8-9H2,1-3H3. The van der Waals surface area contributed by atoms with Gasteiger partial charge in [0.15, 0.2) is 0 Å². The van der Waals surface area contributed by atoms with E-state index >= 15 is 0 Å². The first-order valence-electron chi connectivity index (χ1n) is 6.86. The molecule has 0 aromatic heterocycles. The Balaban J connectivity index is 2.04. The molecule has 110 valence electrons. The summed E-state index contributed by atoms with van der Waals surface area (Å²) in [5, 5.41) is 4.00. The number of carbonyl (C=O) groups is 1. The van der Waals surface area contributed by atoms with Crippen LogP contribution in [-0.4, -0.2) is 43.1 Å². The van der Waals surface area contributed by atoms with Crippen LogP contribution in [0.15, 0.2) is 18.2 Å². The van der Waals surface area contributed by atoms with Gasteiger partial charge in [0, 0.05) is 30.2 Å². The van der Waals surface area contributed by atoms with Crippen LogP contribution in [0.3, 0.4) is 0 Å². The molecule has 0 saturated carbocycles. The maximum Gasteiger partial charge on any atom is 0.227 e. The first-order chi connectivity index (χ1) is 9.49. The quantitative estimate of drug-likeness (QED) is 0.929. The van der Waals surface area contributed by atoms with E-state index in [2.05, 4.69) is 19.2 Å². The first-order valence-corrected chi connectivity index (χ1v) is 7.23. The van der Waals surface area contributed by atoms with Crippen LogP contribution >= 0.6 is 11.6 Å². The van der Waals surface area contributed by atoms with Crippen LogP contribution in [0.25, 0.3) is 0 Å². The van der Waals surface area contributed by atoms with Crippen LogP contribution in [0.5, 0.6) is 5.75 Å². The van der Waals surface area contributed by atoms with E-state index in [-0.39, 0.29) is 5.91 Å². The zero-order valence-corrected chi connectivity index (χ0v) is 12.9. The number of benzene rings is 1. The van der Waals surface area contributed by atoms with Crippen molar-refractivity contribution in [1.29, 1.82) is 0 Å². The number of hydrogen-bond acceptors (Lipinski definition) is 3. The summed E-state index contributed by atoms with van der Waals surface area (Å²) < 4.78 is 5.11. The van der Waals surface area contributed by atoms with Crippen molar-refractivity contribution >= 4 is 17.5 Å². The lowest BCUT2D eigenvalue weighted by molar-refractivity contribution is -0.132. The fourth-order valence-corrected chi connectivity index (χ4v) is 2.84. The zero-order valence-electron chi connectivity index (χ0n) is 12.1. The summed E-state index contributed by atoms with van der Waals surface area (Å²) >= 11 is 6.19. The molecule has 1 heterocycles. The number of amides is 1. The predicted molar refractivity (Wildman–Crippen MR) is 80.3 cm³/mol. The van der Waals surface area contributed by atoms with E-state index in [4.69, 9.17) is 16.3 Å². The first kappa shape index (κ1) is 15.1. The van der Waals surface area contributed by atoms with E-state index in [1.54, 1.807) is 13.2 Å². The lowest BCUT2D eigenvalue weighted by Crippen LogP contribution is -2.56. The largest absolute Gasteiger partial charge is 0.497 e. The highest BCUT2D eigenvalue weighted by molar-refractivity contribution is 6.31. The summed E-state index contributed by atoms with van der Waals surface area (Å²) in [4.78, 5) is 14.3. The van der Waals surface area contributed by atoms with Crippen molar-refractivity contribution in [3.8, 4) is 5.75 Å². The lowest BCUT2D eigenvalue weighted by atomic mass is 10.1. The van der Waals surface area contributed by atoms with E-state index in [0.29, 0.717) is 29.3 Å². The Morgan fingerprint density at radius 3 is 2.60 bits per heavy atom. The topological polar surface area (TPSA) is 41.6 Å². The van der Waals surface area contributed by atoms with Gasteiger partial charge in [0.25, 0.3) is 0 Å². The van der Waals surface area contributed by atoms with E-state index in [1.807, 2.05) is 17.0 Å². The van der Waals surface area contributed by atoms with Crippen molar-refractivity contribution in [1.82, 2.24) is 10.2 Å². The summed E-state index contributed by atoms with van der Waals surface area (Å²) in [5.41, 5.74) is 0.844. The normalized spacial score (nSPS) is 22.7. The molecule has 1 aliphatic rings. The molecule has 0 bridgehead atoms. The Bertz CT molecular complexity index is 483. The highest BCUT2D eigenvalue weighted by atomic mass is 35.5. The Labute approximate surface area is 125 Å². The maximum absolute atomic E-state index is 12.4. The minimum Gasteiger partial charge on any atom is -0.497 e. The van der Waals surface area contributed by atoms with Crippen LogP contribution in [0.1, 0.15) is 19.4 Å². The van der Waals surface area contributed by atoms with Gasteiger partial charge in [-0.3, -0.25) is 4.79 Å². The molecule has 1 amide bonds. The molecular formula is C15H21ClN2O2. The van der Waals surface area contributed by atoms with Gasteiger partial charge in [0.2, 0.25) is 5.91 Å². The molecule has 20 heavy (non-hydrogen) atoms. The van der Waals surface area contributed by atoms with Gasteiger partial charge in [-0.2, -0.15) is 0 Å². The minimum absolute atomic E-state index is 0.122. The van der Waals surface area contributed by atoms with E-state index in [0.717, 1.165) is 18.7 Å². The monoisotopic (exact) mass is 296 g/mol. The summed E-state index contributed by atoms with van der Waals surface area (Å²) in [6, 6.07) is 6.08. The molecule has 1 aromatic carbocycles. The highest BCUT2D eigenvalue weighted by Gasteiger charge is 2.25. The van der Waals surface area contributed by atoms with Crippen LogP contribution in [0, 0.1) is 0 Å². The van der Waals surface area contributed by atoms with Gasteiger partial charge < -0.3 is 15.0 Å². The fourth-order valence-electron chi connectivity index (χ4n) is 2.60. The second-order valence-corrected chi connectivity index (χ2v) is 5.81. The van der Waals surface area contributed by atoms with Crippen LogP contribution in [0.2, 0.25) is 5.02 Å². The maximum atomic E-state index is 12.4. The average Bonchev–Trinajstić information content (AvgIpc) is 2.39. The van der Waals surface area contributed by atoms with Crippen molar-refractivity contribution in [2.24, 2.45) is 0 Å². The van der Waals surface area contributed by atoms with Crippen molar-refractivity contribution in [2.75, 3.05) is 20.2 Å². The molecule has 0 aliphatic carbocycles. The predicted octanol–water partition coefficient (Wildman–Crippen LogP) is 2.10. The van der Waals surface area contributed by atoms with Gasteiger partial charge in [-0.15, -0.1) is 0 Å². The molecule has 2 unspecified atom stereocenters. The molecule has 5 heteroatoms. The van der Waals surface area contributed by atoms with Gasteiger partial charge in [0.1, 0.15) is 5.75 Å². The molecule has 1 fully saturated rings. The minimum atomic E-state index is 0.122. The summed E-state index contributed by atoms with van der Waals surface area (Å²) in [5.74, 6) is 0.827. The van der Waals surface area contributed by atoms with Crippen molar-refractivity contribution in [3.63, 3.8) is 0 Å². The second-order valence-electron chi connectivity index (χ2n) is 5.40. The SMILES string of the molecule is COc1ccc(CC(=O)N2CC(C)NC(C)C2)c(Cl)c1. The molecule has 1 N–H and O–H groups in total. The van der Waals surface area contributed by atoms with Gasteiger partial charge in [-0.25, -0.2) is 0 Å². The zero-order chi connectivity index (χ0) is 14.7. The number of methoxy groups -OCH3 is 1. The van der Waals surface area contributed by atoms with Crippen molar-refractivity contribution in [3.05, 3.63) is 28.8 Å². The van der Waals surface area contributed by atoms with E-state index < -0.39 is 0 Å². The lowest BCUT2D eigenvalue weighted by Gasteiger charge is -2.36. The number of nitrogens with zero attached hydrogens (tertiary/aromatic N) is 1. The summed E-state index contributed by atoms with van der Waals surface area (Å²) in [6.07, 6.45) is 0.336. The second kappa shape index (κ2) is 6.46. The van der Waals surface area contributed by atoms with E-state index in [9.17, 15) is 4.79 Å². The molecule has 0 spiro atoms. The Kier molecular flexibility index (Phi) is 4.89. The third kappa shape index (κ3) is 3.64. The number of rotatable bonds is 3. The Hall–Kier alpha value is -1.26. The number of piperazine rings is 1. The Morgan fingerprint density at radius 2 is 2.05 bits per heavy atom. The fraction of sp³-hybridized carbons (Fsp3) is 0.533. The number of halogens is 1. The summed E-state index contributed by atoms with van der Waals surface area (Å²) in [6.45, 7) is 5.68. The van der Waals surface area contributed by atoms with Crippen molar-refractivity contribution in [2.45, 2.75) is 32.4 Å². The van der Waals surface area contributed by atoms with Gasteiger partial charge in [-0.1, -0.05) is 17.7 Å². The molecule has 4 nitrogen and oxygen atoms in total. The summed E-state index contributed by atoms with van der Waals surface area (Å²) in [7, 11) is 1.60. The van der Waals surface area contributed by atoms with Crippen molar-refractivity contribution < 1.29 is 9.53 Å².